The largest absolute Gasteiger partial charge is 0.489 e. The van der Waals surface area contributed by atoms with Gasteiger partial charge in [-0.15, -0.1) is 0 Å². The Morgan fingerprint density at radius 2 is 2.33 bits per heavy atom. The Hall–Kier alpha value is -2.57. The highest BCUT2D eigenvalue weighted by molar-refractivity contribution is 5.74. The fourth-order valence-electron chi connectivity index (χ4n) is 2.27. The van der Waals surface area contributed by atoms with Crippen LogP contribution in [-0.4, -0.2) is 29.3 Å². The van der Waals surface area contributed by atoms with Crippen molar-refractivity contribution in [3.8, 4) is 5.75 Å². The van der Waals surface area contributed by atoms with Crippen molar-refractivity contribution in [3.63, 3.8) is 0 Å². The molecule has 1 aromatic heterocycles. The monoisotopic (exact) mass is 336 g/mol. The van der Waals surface area contributed by atoms with E-state index in [1.165, 1.54) is 0 Å². The van der Waals surface area contributed by atoms with Crippen LogP contribution in [0.4, 0.5) is 9.18 Å². The maximum atomic E-state index is 12.7. The van der Waals surface area contributed by atoms with Crippen LogP contribution in [0.5, 0.6) is 5.75 Å². The highest BCUT2D eigenvalue weighted by atomic mass is 19.1. The molecule has 0 fully saturated rings. The third-order valence-corrected chi connectivity index (χ3v) is 3.56. The number of aromatic nitrogens is 1. The standard InChI is InChI=1S/C17H21FN2O4/c1-3-4-11(2)16-20-14-6-5-13(7-15(14)24-16)23-10-12(8-18)9-19-17(21)22/h5-8,11,19H,3-4,9-10H2,1-2H3,(H,21,22). The Labute approximate surface area is 139 Å². The summed E-state index contributed by atoms with van der Waals surface area (Å²) < 4.78 is 24.0. The summed E-state index contributed by atoms with van der Waals surface area (Å²) >= 11 is 0. The van der Waals surface area contributed by atoms with E-state index in [2.05, 4.69) is 24.1 Å². The van der Waals surface area contributed by atoms with Crippen LogP contribution in [0.25, 0.3) is 11.1 Å². The molecule has 1 amide bonds. The van der Waals surface area contributed by atoms with Gasteiger partial charge in [-0.25, -0.2) is 14.2 Å². The number of hydrogen-bond acceptors (Lipinski definition) is 4. The van der Waals surface area contributed by atoms with E-state index in [0.717, 1.165) is 18.4 Å². The summed E-state index contributed by atoms with van der Waals surface area (Å²) in [5.41, 5.74) is 1.54. The molecule has 24 heavy (non-hydrogen) atoms. The molecule has 2 N–H and O–H groups in total. The number of hydrogen-bond donors (Lipinski definition) is 2. The normalized spacial score (nSPS) is 13.0. The lowest BCUT2D eigenvalue weighted by Gasteiger charge is -2.08. The minimum Gasteiger partial charge on any atom is -0.489 e. The van der Waals surface area contributed by atoms with Crippen LogP contribution in [0.1, 0.15) is 38.5 Å². The van der Waals surface area contributed by atoms with Crippen LogP contribution in [-0.2, 0) is 0 Å². The van der Waals surface area contributed by atoms with Crippen LogP contribution in [0.15, 0.2) is 34.5 Å². The topological polar surface area (TPSA) is 84.6 Å². The third-order valence-electron chi connectivity index (χ3n) is 3.56. The van der Waals surface area contributed by atoms with Gasteiger partial charge in [0.05, 0.1) is 6.33 Å². The molecule has 6 nitrogen and oxygen atoms in total. The summed E-state index contributed by atoms with van der Waals surface area (Å²) in [7, 11) is 0. The minimum absolute atomic E-state index is 0.0600. The van der Waals surface area contributed by atoms with Crippen molar-refractivity contribution in [2.45, 2.75) is 32.6 Å². The molecule has 0 bridgehead atoms. The number of benzene rings is 1. The molecule has 0 aliphatic rings. The number of halogens is 1. The summed E-state index contributed by atoms with van der Waals surface area (Å²) in [6.45, 7) is 3.99. The Morgan fingerprint density at radius 1 is 1.54 bits per heavy atom. The van der Waals surface area contributed by atoms with Crippen molar-refractivity contribution in [2.75, 3.05) is 13.2 Å². The number of ether oxygens (including phenoxy) is 1. The van der Waals surface area contributed by atoms with Gasteiger partial charge >= 0.3 is 6.09 Å². The first-order valence-electron chi connectivity index (χ1n) is 7.81. The lowest BCUT2D eigenvalue weighted by atomic mass is 10.1. The zero-order chi connectivity index (χ0) is 17.5. The van der Waals surface area contributed by atoms with Gasteiger partial charge in [0.15, 0.2) is 11.5 Å². The van der Waals surface area contributed by atoms with E-state index in [1.807, 2.05) is 0 Å². The maximum Gasteiger partial charge on any atom is 0.404 e. The average Bonchev–Trinajstić information content (AvgIpc) is 2.98. The van der Waals surface area contributed by atoms with Crippen LogP contribution < -0.4 is 10.1 Å². The van der Waals surface area contributed by atoms with E-state index in [0.29, 0.717) is 23.6 Å². The molecule has 1 aromatic carbocycles. The predicted octanol–water partition coefficient (Wildman–Crippen LogP) is 4.23. The summed E-state index contributed by atoms with van der Waals surface area (Å²) in [4.78, 5) is 14.9. The van der Waals surface area contributed by atoms with E-state index in [4.69, 9.17) is 14.3 Å². The highest BCUT2D eigenvalue weighted by Gasteiger charge is 2.13. The number of amides is 1. The molecule has 0 spiro atoms. The van der Waals surface area contributed by atoms with Gasteiger partial charge in [-0.2, -0.15) is 0 Å². The summed E-state index contributed by atoms with van der Waals surface area (Å²) in [6.07, 6.45) is 1.17. The molecule has 0 saturated heterocycles. The Kier molecular flexibility index (Phi) is 6.17. The van der Waals surface area contributed by atoms with Crippen LogP contribution in [0.2, 0.25) is 0 Å². The second-order valence-electron chi connectivity index (χ2n) is 5.59. The van der Waals surface area contributed by atoms with Gasteiger partial charge in [0.2, 0.25) is 0 Å². The zero-order valence-corrected chi connectivity index (χ0v) is 13.7. The van der Waals surface area contributed by atoms with Crippen LogP contribution in [0.3, 0.4) is 0 Å². The molecule has 0 saturated carbocycles. The van der Waals surface area contributed by atoms with E-state index in [-0.39, 0.29) is 24.6 Å². The second-order valence-corrected chi connectivity index (χ2v) is 5.59. The Morgan fingerprint density at radius 3 is 3.00 bits per heavy atom. The van der Waals surface area contributed by atoms with Gasteiger partial charge in [0.1, 0.15) is 17.9 Å². The first-order valence-corrected chi connectivity index (χ1v) is 7.81. The Bertz CT molecular complexity index is 726. The molecule has 0 aliphatic carbocycles. The van der Waals surface area contributed by atoms with Gasteiger partial charge in [0, 0.05) is 24.1 Å². The van der Waals surface area contributed by atoms with Gasteiger partial charge in [0.25, 0.3) is 0 Å². The van der Waals surface area contributed by atoms with Crippen molar-refractivity contribution in [1.29, 1.82) is 0 Å². The van der Waals surface area contributed by atoms with Crippen molar-refractivity contribution >= 4 is 17.2 Å². The highest BCUT2D eigenvalue weighted by Crippen LogP contribution is 2.27. The van der Waals surface area contributed by atoms with Gasteiger partial charge in [-0.1, -0.05) is 20.3 Å². The summed E-state index contributed by atoms with van der Waals surface area (Å²) in [5, 5.41) is 10.6. The maximum absolute atomic E-state index is 12.7. The molecular weight excluding hydrogens is 315 g/mol. The number of carbonyl (C=O) groups is 1. The van der Waals surface area contributed by atoms with Gasteiger partial charge < -0.3 is 19.6 Å². The molecule has 7 heteroatoms. The summed E-state index contributed by atoms with van der Waals surface area (Å²) in [6, 6.07) is 5.20. The van der Waals surface area contributed by atoms with Crippen LogP contribution in [0, 0.1) is 0 Å². The first-order chi connectivity index (χ1) is 11.5. The van der Waals surface area contributed by atoms with Crippen molar-refractivity contribution in [1.82, 2.24) is 10.3 Å². The SMILES string of the molecule is CCCC(C)c1nc2ccc(OCC(=CF)CNC(=O)O)cc2o1. The number of nitrogens with zero attached hydrogens (tertiary/aromatic N) is 1. The van der Waals surface area contributed by atoms with Crippen molar-refractivity contribution in [2.24, 2.45) is 0 Å². The molecule has 1 heterocycles. The third kappa shape index (κ3) is 4.71. The first kappa shape index (κ1) is 17.8. The van der Waals surface area contributed by atoms with Gasteiger partial charge in [-0.05, 0) is 18.6 Å². The lowest BCUT2D eigenvalue weighted by molar-refractivity contribution is 0.195. The number of rotatable bonds is 8. The van der Waals surface area contributed by atoms with E-state index < -0.39 is 6.09 Å². The molecule has 1 atom stereocenters. The number of fused-ring (bicyclic) bond motifs is 1. The molecule has 0 aliphatic heterocycles. The average molecular weight is 336 g/mol. The Balaban J connectivity index is 2.03. The van der Waals surface area contributed by atoms with Gasteiger partial charge in [-0.3, -0.25) is 0 Å². The fraction of sp³-hybridized carbons (Fsp3) is 0.412. The number of oxazole rings is 1. The fourth-order valence-corrected chi connectivity index (χ4v) is 2.27. The lowest BCUT2D eigenvalue weighted by Crippen LogP contribution is -2.25. The zero-order valence-electron chi connectivity index (χ0n) is 13.7. The van der Waals surface area contributed by atoms with E-state index >= 15 is 0 Å². The number of nitrogens with one attached hydrogen (secondary N) is 1. The van der Waals surface area contributed by atoms with Crippen LogP contribution >= 0.6 is 0 Å². The smallest absolute Gasteiger partial charge is 0.404 e. The molecule has 1 unspecified atom stereocenters. The summed E-state index contributed by atoms with van der Waals surface area (Å²) in [5.74, 6) is 1.44. The quantitative estimate of drug-likeness (QED) is 0.753. The van der Waals surface area contributed by atoms with Crippen molar-refractivity contribution in [3.05, 3.63) is 36.0 Å². The molecule has 130 valence electrons. The molecule has 0 radical (unpaired) electrons. The molecular formula is C17H21FN2O4. The minimum atomic E-state index is -1.22. The van der Waals surface area contributed by atoms with E-state index in [9.17, 15) is 9.18 Å². The van der Waals surface area contributed by atoms with E-state index in [1.54, 1.807) is 18.2 Å². The molecule has 2 aromatic rings. The predicted molar refractivity (Wildman–Crippen MR) is 88.0 cm³/mol. The van der Waals surface area contributed by atoms with Crippen molar-refractivity contribution < 1.29 is 23.4 Å². The molecule has 2 rings (SSSR count). The second kappa shape index (κ2) is 8.33. The number of carboxylic acid groups (broad SMARTS) is 1.